The van der Waals surface area contributed by atoms with Gasteiger partial charge in [-0.25, -0.2) is 0 Å². The van der Waals surface area contributed by atoms with E-state index in [0.29, 0.717) is 12.1 Å². The first-order valence-electron chi connectivity index (χ1n) is 8.42. The molecule has 1 aromatic rings. The molecule has 0 aromatic heterocycles. The first kappa shape index (κ1) is 12.8. The van der Waals surface area contributed by atoms with Gasteiger partial charge < -0.3 is 5.32 Å². The molecule has 1 aromatic carbocycles. The topological polar surface area (TPSA) is 15.3 Å². The second-order valence-electron chi connectivity index (χ2n) is 6.91. The molecule has 1 saturated heterocycles. The zero-order chi connectivity index (χ0) is 13.5. The summed E-state index contributed by atoms with van der Waals surface area (Å²) in [7, 11) is 0. The lowest BCUT2D eigenvalue weighted by molar-refractivity contribution is 0.190. The quantitative estimate of drug-likeness (QED) is 0.908. The monoisotopic (exact) mass is 270 g/mol. The summed E-state index contributed by atoms with van der Waals surface area (Å²) in [6.07, 6.45) is 5.68. The van der Waals surface area contributed by atoms with Crippen molar-refractivity contribution >= 4 is 0 Å². The predicted molar refractivity (Wildman–Crippen MR) is 82.8 cm³/mol. The van der Waals surface area contributed by atoms with Crippen LogP contribution in [0.3, 0.4) is 0 Å². The molecule has 1 N–H and O–H groups in total. The Morgan fingerprint density at radius 1 is 1.15 bits per heavy atom. The van der Waals surface area contributed by atoms with E-state index in [-0.39, 0.29) is 0 Å². The molecule has 0 amide bonds. The van der Waals surface area contributed by atoms with Gasteiger partial charge in [-0.3, -0.25) is 4.90 Å². The Kier molecular flexibility index (Phi) is 3.31. The third-order valence-corrected chi connectivity index (χ3v) is 5.85. The highest BCUT2D eigenvalue weighted by Crippen LogP contribution is 2.42. The fourth-order valence-electron chi connectivity index (χ4n) is 4.92. The number of hydrogen-bond acceptors (Lipinski definition) is 2. The Hall–Kier alpha value is -0.860. The van der Waals surface area contributed by atoms with Gasteiger partial charge in [0.1, 0.15) is 0 Å². The fourth-order valence-corrected chi connectivity index (χ4v) is 4.92. The molecule has 2 fully saturated rings. The number of hydrogen-bond donors (Lipinski definition) is 1. The number of rotatable bonds is 3. The molecule has 4 rings (SSSR count). The van der Waals surface area contributed by atoms with Crippen LogP contribution in [0.4, 0.5) is 0 Å². The molecular formula is C18H26N2. The molecule has 2 aliphatic carbocycles. The van der Waals surface area contributed by atoms with E-state index in [0.717, 1.165) is 18.4 Å². The summed E-state index contributed by atoms with van der Waals surface area (Å²) in [5, 5.41) is 3.75. The summed E-state index contributed by atoms with van der Waals surface area (Å²) in [6.45, 7) is 6.00. The molecule has 2 nitrogen and oxygen atoms in total. The zero-order valence-electron chi connectivity index (χ0n) is 12.5. The molecule has 1 heterocycles. The number of fused-ring (bicyclic) bond motifs is 2. The summed E-state index contributed by atoms with van der Waals surface area (Å²) in [4.78, 5) is 2.81. The first-order chi connectivity index (χ1) is 9.86. The Labute approximate surface area is 122 Å². The van der Waals surface area contributed by atoms with E-state index in [1.54, 1.807) is 11.1 Å². The van der Waals surface area contributed by atoms with Crippen molar-refractivity contribution in [2.45, 2.75) is 44.7 Å². The maximum atomic E-state index is 3.75. The number of benzene rings is 1. The molecule has 2 heteroatoms. The van der Waals surface area contributed by atoms with Crippen molar-refractivity contribution in [3.05, 3.63) is 35.4 Å². The smallest absolute Gasteiger partial charge is 0.0484 e. The molecular weight excluding hydrogens is 244 g/mol. The Morgan fingerprint density at radius 2 is 1.90 bits per heavy atom. The van der Waals surface area contributed by atoms with Crippen LogP contribution in [0, 0.1) is 11.8 Å². The van der Waals surface area contributed by atoms with Crippen molar-refractivity contribution in [3.8, 4) is 0 Å². The Morgan fingerprint density at radius 3 is 2.65 bits per heavy atom. The normalized spacial score (nSPS) is 36.2. The third-order valence-electron chi connectivity index (χ3n) is 5.85. The molecule has 108 valence electrons. The molecule has 4 unspecified atom stereocenters. The molecule has 4 atom stereocenters. The van der Waals surface area contributed by atoms with Crippen molar-refractivity contribution in [1.29, 1.82) is 0 Å². The fraction of sp³-hybridized carbons (Fsp3) is 0.667. The Balaban J connectivity index is 1.56. The van der Waals surface area contributed by atoms with Crippen LogP contribution in [0.15, 0.2) is 24.3 Å². The van der Waals surface area contributed by atoms with E-state index in [1.165, 1.54) is 38.8 Å². The van der Waals surface area contributed by atoms with Crippen LogP contribution in [-0.2, 0) is 6.42 Å². The van der Waals surface area contributed by atoms with Gasteiger partial charge in [-0.1, -0.05) is 37.6 Å². The summed E-state index contributed by atoms with van der Waals surface area (Å²) >= 11 is 0. The van der Waals surface area contributed by atoms with Crippen molar-refractivity contribution < 1.29 is 0 Å². The van der Waals surface area contributed by atoms with E-state index in [4.69, 9.17) is 0 Å². The number of likely N-dealkylation sites (N-methyl/N-ethyl adjacent to an activating group) is 1. The highest BCUT2D eigenvalue weighted by molar-refractivity contribution is 5.37. The van der Waals surface area contributed by atoms with Crippen molar-refractivity contribution in [1.82, 2.24) is 10.2 Å². The summed E-state index contributed by atoms with van der Waals surface area (Å²) < 4.78 is 0. The number of likely N-dealkylation sites (tertiary alicyclic amines) is 1. The van der Waals surface area contributed by atoms with Gasteiger partial charge in [-0.2, -0.15) is 0 Å². The van der Waals surface area contributed by atoms with Gasteiger partial charge in [-0.15, -0.1) is 0 Å². The molecule has 1 aliphatic heterocycles. The van der Waals surface area contributed by atoms with Crippen LogP contribution < -0.4 is 5.32 Å². The second kappa shape index (κ2) is 5.16. The van der Waals surface area contributed by atoms with Crippen LogP contribution in [0.25, 0.3) is 0 Å². The molecule has 0 radical (unpaired) electrons. The van der Waals surface area contributed by atoms with Gasteiger partial charge in [0.05, 0.1) is 0 Å². The van der Waals surface area contributed by atoms with Crippen molar-refractivity contribution in [3.63, 3.8) is 0 Å². The highest BCUT2D eigenvalue weighted by Gasteiger charge is 2.43. The number of nitrogens with zero attached hydrogens (tertiary/aromatic N) is 1. The minimum Gasteiger partial charge on any atom is -0.309 e. The van der Waals surface area contributed by atoms with Gasteiger partial charge >= 0.3 is 0 Å². The molecule has 20 heavy (non-hydrogen) atoms. The van der Waals surface area contributed by atoms with Gasteiger partial charge in [0, 0.05) is 25.2 Å². The average Bonchev–Trinajstić information content (AvgIpc) is 3.11. The van der Waals surface area contributed by atoms with Gasteiger partial charge in [-0.05, 0) is 48.8 Å². The van der Waals surface area contributed by atoms with E-state index in [2.05, 4.69) is 41.4 Å². The van der Waals surface area contributed by atoms with E-state index >= 15 is 0 Å². The molecule has 0 bridgehead atoms. The standard InChI is InChI=1S/C18H26N2/c1-2-19-18-16-9-4-3-6-13(16)10-17(18)20-11-14-7-5-8-15(14)12-20/h3-4,6,9,14-15,17-19H,2,5,7-8,10-12H2,1H3. The van der Waals surface area contributed by atoms with Crippen LogP contribution in [0.5, 0.6) is 0 Å². The van der Waals surface area contributed by atoms with Gasteiger partial charge in [0.25, 0.3) is 0 Å². The lowest BCUT2D eigenvalue weighted by Gasteiger charge is -2.31. The SMILES string of the molecule is CCNC1c2ccccc2CC1N1CC2CCCC2C1. The lowest BCUT2D eigenvalue weighted by atomic mass is 10.0. The van der Waals surface area contributed by atoms with Crippen LogP contribution >= 0.6 is 0 Å². The summed E-state index contributed by atoms with van der Waals surface area (Å²) in [5.74, 6) is 2.00. The van der Waals surface area contributed by atoms with Crippen LogP contribution in [0.1, 0.15) is 43.4 Å². The third kappa shape index (κ3) is 2.01. The zero-order valence-corrected chi connectivity index (χ0v) is 12.5. The van der Waals surface area contributed by atoms with Crippen molar-refractivity contribution in [2.24, 2.45) is 11.8 Å². The lowest BCUT2D eigenvalue weighted by Crippen LogP contribution is -2.42. The van der Waals surface area contributed by atoms with Crippen LogP contribution in [-0.4, -0.2) is 30.6 Å². The average molecular weight is 270 g/mol. The molecule has 1 saturated carbocycles. The maximum absolute atomic E-state index is 3.75. The largest absolute Gasteiger partial charge is 0.309 e. The summed E-state index contributed by atoms with van der Waals surface area (Å²) in [6, 6.07) is 10.3. The summed E-state index contributed by atoms with van der Waals surface area (Å²) in [5.41, 5.74) is 3.12. The van der Waals surface area contributed by atoms with Crippen LogP contribution in [0.2, 0.25) is 0 Å². The molecule has 3 aliphatic rings. The highest BCUT2D eigenvalue weighted by atomic mass is 15.2. The van der Waals surface area contributed by atoms with Gasteiger partial charge in [0.2, 0.25) is 0 Å². The van der Waals surface area contributed by atoms with E-state index in [9.17, 15) is 0 Å². The van der Waals surface area contributed by atoms with E-state index in [1.807, 2.05) is 0 Å². The number of nitrogens with one attached hydrogen (secondary N) is 1. The minimum atomic E-state index is 0.551. The Bertz CT molecular complexity index is 472. The first-order valence-corrected chi connectivity index (χ1v) is 8.42. The maximum Gasteiger partial charge on any atom is 0.0484 e. The van der Waals surface area contributed by atoms with Gasteiger partial charge in [0.15, 0.2) is 0 Å². The van der Waals surface area contributed by atoms with Crippen molar-refractivity contribution in [2.75, 3.05) is 19.6 Å². The predicted octanol–water partition coefficient (Wildman–Crippen LogP) is 2.99. The van der Waals surface area contributed by atoms with E-state index < -0.39 is 0 Å². The molecule has 0 spiro atoms. The minimum absolute atomic E-state index is 0.551. The second-order valence-corrected chi connectivity index (χ2v) is 6.91.